The molecule has 0 unspecified atom stereocenters. The van der Waals surface area contributed by atoms with Crippen LogP contribution in [0.2, 0.25) is 0 Å². The average molecular weight is 462 g/mol. The van der Waals surface area contributed by atoms with E-state index in [4.69, 9.17) is 4.52 Å². The summed E-state index contributed by atoms with van der Waals surface area (Å²) in [6, 6.07) is 13.8. The standard InChI is InChI=1S/C25H23FN4O4/c1-14-22(30(32)33)23(34-27-14)21-20(15-7-5-8-16(26)13-15)19-11-6-12-29(19)25(21)17-9-3-4-10-18(17)28(2)24(25)31/h3-5,7-10,13,19-21H,6,11-12H2,1-2H3/t19-,20-,21-,25+/m1/s1. The van der Waals surface area contributed by atoms with E-state index < -0.39 is 22.3 Å². The molecule has 6 rings (SSSR count). The zero-order valence-electron chi connectivity index (χ0n) is 18.8. The number of carbonyl (C=O) groups excluding carboxylic acids is 1. The van der Waals surface area contributed by atoms with Gasteiger partial charge in [0.25, 0.3) is 5.91 Å². The maximum atomic E-state index is 14.4. The van der Waals surface area contributed by atoms with Crippen LogP contribution in [0.5, 0.6) is 0 Å². The van der Waals surface area contributed by atoms with Crippen LogP contribution in [0, 0.1) is 22.9 Å². The summed E-state index contributed by atoms with van der Waals surface area (Å²) in [4.78, 5) is 29.7. The van der Waals surface area contributed by atoms with E-state index in [-0.39, 0.29) is 34.9 Å². The molecule has 1 aromatic heterocycles. The van der Waals surface area contributed by atoms with Crippen LogP contribution in [-0.4, -0.2) is 40.5 Å². The first kappa shape index (κ1) is 21.0. The van der Waals surface area contributed by atoms with Crippen LogP contribution in [0.1, 0.15) is 47.3 Å². The van der Waals surface area contributed by atoms with Gasteiger partial charge in [0.1, 0.15) is 11.4 Å². The van der Waals surface area contributed by atoms with Gasteiger partial charge in [-0.05, 0) is 50.1 Å². The van der Waals surface area contributed by atoms with E-state index in [2.05, 4.69) is 10.1 Å². The van der Waals surface area contributed by atoms with Gasteiger partial charge >= 0.3 is 5.69 Å². The van der Waals surface area contributed by atoms with Gasteiger partial charge < -0.3 is 9.42 Å². The van der Waals surface area contributed by atoms with Gasteiger partial charge in [0, 0.05) is 30.3 Å². The van der Waals surface area contributed by atoms with Gasteiger partial charge in [-0.3, -0.25) is 19.8 Å². The molecular weight excluding hydrogens is 439 g/mol. The second kappa shape index (κ2) is 7.20. The zero-order valence-corrected chi connectivity index (χ0v) is 18.8. The quantitative estimate of drug-likeness (QED) is 0.427. The smallest absolute Gasteiger partial charge is 0.334 e. The predicted molar refractivity (Wildman–Crippen MR) is 121 cm³/mol. The Morgan fingerprint density at radius 1 is 1.24 bits per heavy atom. The largest absolute Gasteiger partial charge is 0.353 e. The molecule has 3 aliphatic heterocycles. The highest BCUT2D eigenvalue weighted by molar-refractivity contribution is 6.08. The first-order chi connectivity index (χ1) is 16.4. The molecule has 0 bridgehead atoms. The molecule has 4 atom stereocenters. The summed E-state index contributed by atoms with van der Waals surface area (Å²) in [5.74, 6) is -1.62. The van der Waals surface area contributed by atoms with Gasteiger partial charge in [0.15, 0.2) is 5.69 Å². The molecule has 1 amide bonds. The monoisotopic (exact) mass is 462 g/mol. The number of anilines is 1. The molecule has 2 aromatic carbocycles. The number of aryl methyl sites for hydroxylation is 1. The van der Waals surface area contributed by atoms with Crippen LogP contribution in [0.15, 0.2) is 53.1 Å². The van der Waals surface area contributed by atoms with E-state index in [1.165, 1.54) is 19.1 Å². The summed E-state index contributed by atoms with van der Waals surface area (Å²) in [6.45, 7) is 2.18. The Bertz CT molecular complexity index is 1340. The number of benzene rings is 2. The summed E-state index contributed by atoms with van der Waals surface area (Å²) >= 11 is 0. The maximum absolute atomic E-state index is 14.4. The fourth-order valence-electron chi connectivity index (χ4n) is 6.70. The fourth-order valence-corrected chi connectivity index (χ4v) is 6.70. The number of aromatic nitrogens is 1. The van der Waals surface area contributed by atoms with Crippen molar-refractivity contribution >= 4 is 17.3 Å². The molecule has 174 valence electrons. The number of fused-ring (bicyclic) bond motifs is 4. The lowest BCUT2D eigenvalue weighted by Gasteiger charge is -2.36. The number of hydrogen-bond donors (Lipinski definition) is 0. The number of para-hydroxylation sites is 1. The molecule has 2 fully saturated rings. The maximum Gasteiger partial charge on any atom is 0.334 e. The molecule has 0 saturated carbocycles. The lowest BCUT2D eigenvalue weighted by molar-refractivity contribution is -0.386. The molecule has 0 aliphatic carbocycles. The molecule has 1 spiro atoms. The Balaban J connectivity index is 1.70. The van der Waals surface area contributed by atoms with Gasteiger partial charge in [0.05, 0.1) is 10.8 Å². The summed E-state index contributed by atoms with van der Waals surface area (Å²) in [5.41, 5.74) is 0.991. The fraction of sp³-hybridized carbons (Fsp3) is 0.360. The van der Waals surface area contributed by atoms with Crippen LogP contribution in [0.3, 0.4) is 0 Å². The van der Waals surface area contributed by atoms with Crippen LogP contribution < -0.4 is 4.90 Å². The Morgan fingerprint density at radius 3 is 2.79 bits per heavy atom. The molecule has 0 radical (unpaired) electrons. The van der Waals surface area contributed by atoms with E-state index in [0.717, 1.165) is 24.1 Å². The molecule has 3 aliphatic rings. The average Bonchev–Trinajstić information content (AvgIpc) is 3.54. The van der Waals surface area contributed by atoms with Crippen molar-refractivity contribution in [2.24, 2.45) is 0 Å². The molecule has 4 heterocycles. The first-order valence-corrected chi connectivity index (χ1v) is 11.4. The first-order valence-electron chi connectivity index (χ1n) is 11.4. The van der Waals surface area contributed by atoms with E-state index in [9.17, 15) is 19.3 Å². The van der Waals surface area contributed by atoms with Crippen LogP contribution in [0.4, 0.5) is 15.8 Å². The SMILES string of the molecule is Cc1noc([C@H]2[C@H](c3cccc(F)c3)[C@H]3CCCN3[C@]23C(=O)N(C)c2ccccc23)c1[N+](=O)[O-]. The van der Waals surface area contributed by atoms with E-state index in [1.54, 1.807) is 18.0 Å². The lowest BCUT2D eigenvalue weighted by atomic mass is 9.70. The number of nitro groups is 1. The molecule has 8 nitrogen and oxygen atoms in total. The summed E-state index contributed by atoms with van der Waals surface area (Å²) in [5, 5.41) is 16.1. The number of amides is 1. The predicted octanol–water partition coefficient (Wildman–Crippen LogP) is 4.25. The molecule has 3 aromatic rings. The summed E-state index contributed by atoms with van der Waals surface area (Å²) in [7, 11) is 1.73. The van der Waals surface area contributed by atoms with Crippen molar-refractivity contribution in [2.45, 2.75) is 43.2 Å². The number of rotatable bonds is 3. The van der Waals surface area contributed by atoms with Gasteiger partial charge in [-0.25, -0.2) is 4.39 Å². The normalized spacial score (nSPS) is 28.0. The van der Waals surface area contributed by atoms with Crippen LogP contribution in [-0.2, 0) is 10.3 Å². The molecule has 0 N–H and O–H groups in total. The van der Waals surface area contributed by atoms with Crippen LogP contribution >= 0.6 is 0 Å². The summed E-state index contributed by atoms with van der Waals surface area (Å²) < 4.78 is 20.1. The van der Waals surface area contributed by atoms with Crippen molar-refractivity contribution < 1.29 is 18.6 Å². The van der Waals surface area contributed by atoms with Gasteiger partial charge in [-0.1, -0.05) is 35.5 Å². The molecule has 9 heteroatoms. The van der Waals surface area contributed by atoms with Crippen molar-refractivity contribution in [1.29, 1.82) is 0 Å². The van der Waals surface area contributed by atoms with E-state index in [1.807, 2.05) is 30.3 Å². The van der Waals surface area contributed by atoms with E-state index in [0.29, 0.717) is 12.1 Å². The third kappa shape index (κ3) is 2.50. The number of halogens is 1. The minimum atomic E-state index is -1.21. The minimum Gasteiger partial charge on any atom is -0.353 e. The Labute approximate surface area is 195 Å². The topological polar surface area (TPSA) is 92.7 Å². The van der Waals surface area contributed by atoms with Crippen molar-refractivity contribution in [3.63, 3.8) is 0 Å². The van der Waals surface area contributed by atoms with Gasteiger partial charge in [-0.15, -0.1) is 0 Å². The highest BCUT2D eigenvalue weighted by Gasteiger charge is 2.71. The van der Waals surface area contributed by atoms with Crippen molar-refractivity contribution in [1.82, 2.24) is 10.1 Å². The highest BCUT2D eigenvalue weighted by Crippen LogP contribution is 2.65. The Kier molecular flexibility index (Phi) is 4.44. The van der Waals surface area contributed by atoms with E-state index >= 15 is 0 Å². The number of hydrogen-bond acceptors (Lipinski definition) is 6. The minimum absolute atomic E-state index is 0.0737. The number of nitrogens with zero attached hydrogens (tertiary/aromatic N) is 4. The highest BCUT2D eigenvalue weighted by atomic mass is 19.1. The second-order valence-electron chi connectivity index (χ2n) is 9.35. The van der Waals surface area contributed by atoms with Crippen molar-refractivity contribution in [3.8, 4) is 0 Å². The number of carbonyl (C=O) groups is 1. The second-order valence-corrected chi connectivity index (χ2v) is 9.35. The molecule has 2 saturated heterocycles. The Hall–Kier alpha value is -3.59. The van der Waals surface area contributed by atoms with Gasteiger partial charge in [0.2, 0.25) is 5.76 Å². The Morgan fingerprint density at radius 2 is 2.03 bits per heavy atom. The van der Waals surface area contributed by atoms with Crippen molar-refractivity contribution in [2.75, 3.05) is 18.5 Å². The molecular formula is C25H23FN4O4. The van der Waals surface area contributed by atoms with Gasteiger partial charge in [-0.2, -0.15) is 0 Å². The third-order valence-corrected chi connectivity index (χ3v) is 7.84. The van der Waals surface area contributed by atoms with Crippen LogP contribution in [0.25, 0.3) is 0 Å². The zero-order chi connectivity index (χ0) is 23.8. The van der Waals surface area contributed by atoms with Crippen molar-refractivity contribution in [3.05, 3.63) is 87.0 Å². The third-order valence-electron chi connectivity index (χ3n) is 7.84. The molecule has 34 heavy (non-hydrogen) atoms. The lowest BCUT2D eigenvalue weighted by Crippen LogP contribution is -2.52. The number of likely N-dealkylation sites (N-methyl/N-ethyl adjacent to an activating group) is 1. The summed E-state index contributed by atoms with van der Waals surface area (Å²) in [6.07, 6.45) is 1.67.